The Labute approximate surface area is 119 Å². The fourth-order valence-corrected chi connectivity index (χ4v) is 2.03. The Bertz CT molecular complexity index is 652. The summed E-state index contributed by atoms with van der Waals surface area (Å²) in [6, 6.07) is 4.88. The summed E-state index contributed by atoms with van der Waals surface area (Å²) in [6.07, 6.45) is 4.37. The number of anilines is 1. The van der Waals surface area contributed by atoms with Gasteiger partial charge in [-0.3, -0.25) is 19.5 Å². The van der Waals surface area contributed by atoms with Crippen LogP contribution < -0.4 is 5.32 Å². The molecule has 3 heterocycles. The van der Waals surface area contributed by atoms with Crippen molar-refractivity contribution in [2.24, 2.45) is 0 Å². The highest BCUT2D eigenvalue weighted by Crippen LogP contribution is 2.21. The zero-order valence-electron chi connectivity index (χ0n) is 10.2. The summed E-state index contributed by atoms with van der Waals surface area (Å²) in [5.74, 6) is -0.169. The third kappa shape index (κ3) is 2.10. The lowest BCUT2D eigenvalue weighted by Crippen LogP contribution is -2.34. The Balaban J connectivity index is 1.75. The maximum absolute atomic E-state index is 12.1. The molecule has 100 valence electrons. The lowest BCUT2D eigenvalue weighted by molar-refractivity contribution is 0.0665. The van der Waals surface area contributed by atoms with Gasteiger partial charge in [-0.15, -0.1) is 0 Å². The van der Waals surface area contributed by atoms with Crippen LogP contribution in [0.2, 0.25) is 5.02 Å². The van der Waals surface area contributed by atoms with E-state index in [2.05, 4.69) is 15.3 Å². The molecule has 20 heavy (non-hydrogen) atoms. The van der Waals surface area contributed by atoms with E-state index in [9.17, 15) is 9.59 Å². The van der Waals surface area contributed by atoms with Gasteiger partial charge >= 0.3 is 0 Å². The van der Waals surface area contributed by atoms with Crippen LogP contribution in [0.5, 0.6) is 0 Å². The number of amides is 2. The van der Waals surface area contributed by atoms with Crippen LogP contribution in [0.25, 0.3) is 0 Å². The molecule has 0 atom stereocenters. The molecule has 0 aromatic carbocycles. The molecule has 1 N–H and O–H groups in total. The molecular weight excluding hydrogens is 280 g/mol. The molecule has 0 radical (unpaired) electrons. The predicted molar refractivity (Wildman–Crippen MR) is 72.5 cm³/mol. The highest BCUT2D eigenvalue weighted by Gasteiger charge is 2.35. The number of carbonyl (C=O) groups excluding carboxylic acids is 2. The number of hydrogen-bond donors (Lipinski definition) is 1. The minimum atomic E-state index is -0.362. The largest absolute Gasteiger partial charge is 0.352 e. The lowest BCUT2D eigenvalue weighted by atomic mass is 10.2. The van der Waals surface area contributed by atoms with Crippen LogP contribution in [-0.4, -0.2) is 33.4 Å². The fraction of sp³-hybridized carbons (Fsp3) is 0.0769. The van der Waals surface area contributed by atoms with E-state index in [-0.39, 0.29) is 18.5 Å². The van der Waals surface area contributed by atoms with E-state index in [0.29, 0.717) is 22.0 Å². The van der Waals surface area contributed by atoms with Gasteiger partial charge in [0, 0.05) is 18.6 Å². The summed E-state index contributed by atoms with van der Waals surface area (Å²) in [6.45, 7) is 0.0426. The lowest BCUT2D eigenvalue weighted by Gasteiger charge is -2.14. The molecule has 2 aromatic rings. The fourth-order valence-electron chi connectivity index (χ4n) is 1.92. The number of aromatic nitrogens is 2. The number of rotatable bonds is 3. The van der Waals surface area contributed by atoms with Gasteiger partial charge in [-0.2, -0.15) is 0 Å². The second-order valence-electron chi connectivity index (χ2n) is 4.16. The standard InChI is InChI=1S/C13H9ClN4O2/c14-8-1-2-11(16-5-8)17-7-18-12(19)9-3-4-15-6-10(9)13(18)20/h1-6H,7H2,(H,16,17). The number of fused-ring (bicyclic) bond motifs is 1. The molecule has 0 fully saturated rings. The SMILES string of the molecule is O=C1c2ccncc2C(=O)N1CNc1ccc(Cl)cn1. The molecule has 1 aliphatic heterocycles. The highest BCUT2D eigenvalue weighted by atomic mass is 35.5. The van der Waals surface area contributed by atoms with Crippen LogP contribution in [0.4, 0.5) is 5.82 Å². The van der Waals surface area contributed by atoms with Crippen molar-refractivity contribution in [3.05, 3.63) is 52.9 Å². The van der Waals surface area contributed by atoms with E-state index in [0.717, 1.165) is 4.90 Å². The number of halogens is 1. The maximum atomic E-state index is 12.1. The van der Waals surface area contributed by atoms with Crippen molar-refractivity contribution in [3.63, 3.8) is 0 Å². The van der Waals surface area contributed by atoms with Crippen molar-refractivity contribution in [3.8, 4) is 0 Å². The second kappa shape index (κ2) is 4.90. The predicted octanol–water partition coefficient (Wildman–Crippen LogP) is 1.80. The first-order chi connectivity index (χ1) is 9.66. The van der Waals surface area contributed by atoms with E-state index >= 15 is 0 Å². The average Bonchev–Trinajstić information content (AvgIpc) is 2.71. The second-order valence-corrected chi connectivity index (χ2v) is 4.59. The Morgan fingerprint density at radius 1 is 1.10 bits per heavy atom. The molecular formula is C13H9ClN4O2. The number of nitrogens with one attached hydrogen (secondary N) is 1. The Kier molecular flexibility index (Phi) is 3.08. The van der Waals surface area contributed by atoms with Crippen LogP contribution >= 0.6 is 11.6 Å². The third-order valence-electron chi connectivity index (χ3n) is 2.92. The number of imide groups is 1. The van der Waals surface area contributed by atoms with E-state index in [1.54, 1.807) is 12.1 Å². The minimum Gasteiger partial charge on any atom is -0.352 e. The van der Waals surface area contributed by atoms with Gasteiger partial charge in [0.1, 0.15) is 5.82 Å². The molecule has 0 spiro atoms. The maximum Gasteiger partial charge on any atom is 0.264 e. The zero-order chi connectivity index (χ0) is 14.1. The van der Waals surface area contributed by atoms with Crippen LogP contribution in [-0.2, 0) is 0 Å². The van der Waals surface area contributed by atoms with Crippen molar-refractivity contribution in [1.29, 1.82) is 0 Å². The normalized spacial score (nSPS) is 13.6. The third-order valence-corrected chi connectivity index (χ3v) is 3.14. The van der Waals surface area contributed by atoms with Gasteiger partial charge < -0.3 is 5.32 Å². The Morgan fingerprint density at radius 2 is 1.90 bits per heavy atom. The van der Waals surface area contributed by atoms with Gasteiger partial charge in [-0.25, -0.2) is 4.98 Å². The minimum absolute atomic E-state index is 0.0426. The quantitative estimate of drug-likeness (QED) is 0.872. The van der Waals surface area contributed by atoms with Crippen LogP contribution in [0.15, 0.2) is 36.8 Å². The molecule has 2 amide bonds. The molecule has 3 rings (SSSR count). The van der Waals surface area contributed by atoms with E-state index in [1.807, 2.05) is 0 Å². The van der Waals surface area contributed by atoms with Gasteiger partial charge in [-0.1, -0.05) is 11.6 Å². The van der Waals surface area contributed by atoms with Gasteiger partial charge in [-0.05, 0) is 18.2 Å². The zero-order valence-corrected chi connectivity index (χ0v) is 11.0. The van der Waals surface area contributed by atoms with Crippen LogP contribution in [0.3, 0.4) is 0 Å². The molecule has 7 heteroatoms. The summed E-state index contributed by atoms with van der Waals surface area (Å²) in [5, 5.41) is 3.42. The summed E-state index contributed by atoms with van der Waals surface area (Å²) in [5.41, 5.74) is 0.694. The van der Waals surface area contributed by atoms with E-state index in [1.165, 1.54) is 24.7 Å². The van der Waals surface area contributed by atoms with Crippen molar-refractivity contribution in [2.75, 3.05) is 12.0 Å². The first-order valence-electron chi connectivity index (χ1n) is 5.82. The molecule has 2 aromatic heterocycles. The Hall–Kier alpha value is -2.47. The van der Waals surface area contributed by atoms with Gasteiger partial charge in [0.15, 0.2) is 0 Å². The molecule has 0 saturated carbocycles. The monoisotopic (exact) mass is 288 g/mol. The average molecular weight is 289 g/mol. The van der Waals surface area contributed by atoms with Gasteiger partial charge in [0.05, 0.1) is 22.8 Å². The highest BCUT2D eigenvalue weighted by molar-refractivity contribution is 6.30. The summed E-state index contributed by atoms with van der Waals surface area (Å²) >= 11 is 5.73. The van der Waals surface area contributed by atoms with Crippen molar-refractivity contribution in [1.82, 2.24) is 14.9 Å². The van der Waals surface area contributed by atoms with Crippen LogP contribution in [0, 0.1) is 0 Å². The molecule has 0 unspecified atom stereocenters. The smallest absolute Gasteiger partial charge is 0.264 e. The van der Waals surface area contributed by atoms with Crippen molar-refractivity contribution < 1.29 is 9.59 Å². The van der Waals surface area contributed by atoms with E-state index < -0.39 is 0 Å². The molecule has 0 saturated heterocycles. The molecule has 6 nitrogen and oxygen atoms in total. The van der Waals surface area contributed by atoms with Gasteiger partial charge in [0.2, 0.25) is 0 Å². The summed E-state index contributed by atoms with van der Waals surface area (Å²) < 4.78 is 0. The first-order valence-corrected chi connectivity index (χ1v) is 6.20. The number of nitrogens with zero attached hydrogens (tertiary/aromatic N) is 3. The number of carbonyl (C=O) groups is 2. The summed E-state index contributed by atoms with van der Waals surface area (Å²) in [7, 11) is 0. The summed E-state index contributed by atoms with van der Waals surface area (Å²) in [4.78, 5) is 33.1. The number of hydrogen-bond acceptors (Lipinski definition) is 5. The van der Waals surface area contributed by atoms with Crippen molar-refractivity contribution in [2.45, 2.75) is 0 Å². The van der Waals surface area contributed by atoms with Crippen molar-refractivity contribution >= 4 is 29.2 Å². The van der Waals surface area contributed by atoms with Crippen LogP contribution in [0.1, 0.15) is 20.7 Å². The molecule has 0 aliphatic carbocycles. The van der Waals surface area contributed by atoms with E-state index in [4.69, 9.17) is 11.6 Å². The molecule has 1 aliphatic rings. The number of pyridine rings is 2. The Morgan fingerprint density at radius 3 is 2.60 bits per heavy atom. The molecule has 0 bridgehead atoms. The first kappa shape index (κ1) is 12.6. The topological polar surface area (TPSA) is 75.2 Å². The van der Waals surface area contributed by atoms with Gasteiger partial charge in [0.25, 0.3) is 11.8 Å².